The third kappa shape index (κ3) is 2.76. The second-order valence-electron chi connectivity index (χ2n) is 2.59. The predicted octanol–water partition coefficient (Wildman–Crippen LogP) is 1.31. The molecule has 1 aromatic rings. The minimum absolute atomic E-state index is 0.220. The van der Waals surface area contributed by atoms with E-state index < -0.39 is 11.0 Å². The van der Waals surface area contributed by atoms with Gasteiger partial charge in [-0.1, -0.05) is 15.9 Å². The van der Waals surface area contributed by atoms with Crippen LogP contribution in [0.2, 0.25) is 0 Å². The monoisotopic (exact) mass is 327 g/mol. The van der Waals surface area contributed by atoms with Gasteiger partial charge in [0.1, 0.15) is 4.47 Å². The fourth-order valence-corrected chi connectivity index (χ4v) is 1.53. The van der Waals surface area contributed by atoms with Crippen molar-refractivity contribution in [1.82, 2.24) is 9.78 Å². The molecular formula is C6H7Br2N3O3. The number of nitrogens with zero attached hydrogens (tertiary/aromatic N) is 3. The minimum Gasteiger partial charge on any atom is -0.390 e. The lowest BCUT2D eigenvalue weighted by atomic mass is 10.4. The van der Waals surface area contributed by atoms with E-state index in [1.165, 1.54) is 10.9 Å². The van der Waals surface area contributed by atoms with Gasteiger partial charge in [0.25, 0.3) is 0 Å². The number of aliphatic hydroxyl groups excluding tert-OH is 1. The number of aromatic nitrogens is 2. The van der Waals surface area contributed by atoms with Gasteiger partial charge in [0, 0.05) is 5.33 Å². The van der Waals surface area contributed by atoms with Crippen molar-refractivity contribution in [3.05, 3.63) is 20.8 Å². The highest BCUT2D eigenvalue weighted by atomic mass is 79.9. The Kier molecular flexibility index (Phi) is 4.02. The molecule has 0 aliphatic heterocycles. The fourth-order valence-electron chi connectivity index (χ4n) is 0.869. The molecule has 0 aliphatic rings. The number of hydrogen-bond acceptors (Lipinski definition) is 4. The average Bonchev–Trinajstić information content (AvgIpc) is 2.46. The van der Waals surface area contributed by atoms with Crippen LogP contribution in [0, 0.1) is 10.1 Å². The van der Waals surface area contributed by atoms with Crippen LogP contribution in [0.4, 0.5) is 5.82 Å². The maximum absolute atomic E-state index is 10.4. The molecule has 1 rings (SSSR count). The van der Waals surface area contributed by atoms with Gasteiger partial charge in [-0.15, -0.1) is 0 Å². The summed E-state index contributed by atoms with van der Waals surface area (Å²) in [7, 11) is 0. The highest BCUT2D eigenvalue weighted by Gasteiger charge is 2.19. The molecule has 1 heterocycles. The van der Waals surface area contributed by atoms with E-state index in [9.17, 15) is 15.2 Å². The first kappa shape index (κ1) is 11.6. The Hall–Kier alpha value is -0.470. The van der Waals surface area contributed by atoms with Gasteiger partial charge < -0.3 is 15.2 Å². The normalized spacial score (nSPS) is 12.8. The van der Waals surface area contributed by atoms with E-state index in [1.54, 1.807) is 0 Å². The van der Waals surface area contributed by atoms with E-state index in [0.717, 1.165) is 0 Å². The van der Waals surface area contributed by atoms with Gasteiger partial charge >= 0.3 is 5.82 Å². The van der Waals surface area contributed by atoms with Crippen molar-refractivity contribution in [1.29, 1.82) is 0 Å². The van der Waals surface area contributed by atoms with Gasteiger partial charge in [0.15, 0.2) is 0 Å². The minimum atomic E-state index is -0.610. The second kappa shape index (κ2) is 4.85. The molecule has 1 atom stereocenters. The van der Waals surface area contributed by atoms with Crippen LogP contribution < -0.4 is 0 Å². The Morgan fingerprint density at radius 1 is 1.79 bits per heavy atom. The third-order valence-electron chi connectivity index (χ3n) is 1.45. The molecule has 0 saturated heterocycles. The standard InChI is InChI=1S/C6H7Br2N3O3/c7-1-4(12)2-10-3-5(8)6(9-10)11(13)14/h3-4,12H,1-2H2. The van der Waals surface area contributed by atoms with Gasteiger partial charge in [-0.05, 0) is 20.9 Å². The van der Waals surface area contributed by atoms with Crippen LogP contribution in [-0.2, 0) is 6.54 Å². The maximum Gasteiger partial charge on any atom is 0.404 e. The molecule has 6 nitrogen and oxygen atoms in total. The van der Waals surface area contributed by atoms with Crippen LogP contribution in [0.1, 0.15) is 0 Å². The molecule has 0 spiro atoms. The van der Waals surface area contributed by atoms with Gasteiger partial charge in [-0.25, -0.2) is 0 Å². The number of hydrogen-bond donors (Lipinski definition) is 1. The number of aliphatic hydroxyl groups is 1. The Morgan fingerprint density at radius 2 is 2.43 bits per heavy atom. The molecule has 0 bridgehead atoms. The number of halogens is 2. The number of nitro groups is 1. The molecule has 0 amide bonds. The number of rotatable bonds is 4. The molecule has 78 valence electrons. The summed E-state index contributed by atoms with van der Waals surface area (Å²) in [4.78, 5) is 9.84. The van der Waals surface area contributed by atoms with E-state index in [1.807, 2.05) is 0 Å². The average molecular weight is 329 g/mol. The molecule has 0 saturated carbocycles. The van der Waals surface area contributed by atoms with Crippen molar-refractivity contribution < 1.29 is 10.0 Å². The molecule has 8 heteroatoms. The lowest BCUT2D eigenvalue weighted by Gasteiger charge is -2.02. The van der Waals surface area contributed by atoms with Crippen LogP contribution >= 0.6 is 31.9 Å². The molecule has 14 heavy (non-hydrogen) atoms. The third-order valence-corrected chi connectivity index (χ3v) is 2.75. The molecular weight excluding hydrogens is 322 g/mol. The molecule has 0 aromatic carbocycles. The highest BCUT2D eigenvalue weighted by Crippen LogP contribution is 2.22. The van der Waals surface area contributed by atoms with Gasteiger partial charge in [-0.3, -0.25) is 0 Å². The Balaban J connectivity index is 2.81. The first-order chi connectivity index (χ1) is 6.54. The van der Waals surface area contributed by atoms with E-state index in [2.05, 4.69) is 37.0 Å². The lowest BCUT2D eigenvalue weighted by molar-refractivity contribution is -0.390. The smallest absolute Gasteiger partial charge is 0.390 e. The maximum atomic E-state index is 10.4. The summed E-state index contributed by atoms with van der Waals surface area (Å²) >= 11 is 6.10. The Labute approximate surface area is 96.3 Å². The van der Waals surface area contributed by atoms with Gasteiger partial charge in [0.05, 0.1) is 23.9 Å². The quantitative estimate of drug-likeness (QED) is 0.513. The summed E-state index contributed by atoms with van der Waals surface area (Å²) in [6.45, 7) is 0.220. The molecule has 1 aromatic heterocycles. The van der Waals surface area contributed by atoms with E-state index >= 15 is 0 Å². The number of alkyl halides is 1. The summed E-state index contributed by atoms with van der Waals surface area (Å²) in [5.74, 6) is -0.244. The summed E-state index contributed by atoms with van der Waals surface area (Å²) in [6, 6.07) is 0. The largest absolute Gasteiger partial charge is 0.404 e. The lowest BCUT2D eigenvalue weighted by Crippen LogP contribution is -2.17. The molecule has 1 unspecified atom stereocenters. The molecule has 1 N–H and O–H groups in total. The first-order valence-electron chi connectivity index (χ1n) is 3.66. The molecule has 0 aliphatic carbocycles. The fraction of sp³-hybridized carbons (Fsp3) is 0.500. The van der Waals surface area contributed by atoms with Crippen molar-refractivity contribution in [2.24, 2.45) is 0 Å². The highest BCUT2D eigenvalue weighted by molar-refractivity contribution is 9.10. The predicted molar refractivity (Wildman–Crippen MR) is 56.4 cm³/mol. The first-order valence-corrected chi connectivity index (χ1v) is 5.57. The topological polar surface area (TPSA) is 81.2 Å². The van der Waals surface area contributed by atoms with E-state index in [-0.39, 0.29) is 12.4 Å². The van der Waals surface area contributed by atoms with Gasteiger partial charge in [0.2, 0.25) is 0 Å². The van der Waals surface area contributed by atoms with Crippen molar-refractivity contribution in [2.45, 2.75) is 12.6 Å². The Morgan fingerprint density at radius 3 is 2.86 bits per heavy atom. The SMILES string of the molecule is O=[N+]([O-])c1nn(CC(O)CBr)cc1Br. The van der Waals surface area contributed by atoms with Crippen LogP contribution in [0.5, 0.6) is 0 Å². The van der Waals surface area contributed by atoms with Crippen LogP contribution in [0.3, 0.4) is 0 Å². The summed E-state index contributed by atoms with van der Waals surface area (Å²) in [5, 5.41) is 23.8. The molecule has 0 radical (unpaired) electrons. The zero-order valence-corrected chi connectivity index (χ0v) is 10.1. The second-order valence-corrected chi connectivity index (χ2v) is 4.09. The van der Waals surface area contributed by atoms with Crippen molar-refractivity contribution in [3.63, 3.8) is 0 Å². The summed E-state index contributed by atoms with van der Waals surface area (Å²) in [6.07, 6.45) is 0.853. The summed E-state index contributed by atoms with van der Waals surface area (Å²) < 4.78 is 1.64. The zero-order valence-electron chi connectivity index (χ0n) is 6.93. The van der Waals surface area contributed by atoms with Crippen LogP contribution in [0.25, 0.3) is 0 Å². The van der Waals surface area contributed by atoms with Crippen molar-refractivity contribution in [3.8, 4) is 0 Å². The van der Waals surface area contributed by atoms with Crippen molar-refractivity contribution >= 4 is 37.7 Å². The molecule has 0 fully saturated rings. The van der Waals surface area contributed by atoms with Crippen LogP contribution in [-0.4, -0.2) is 31.2 Å². The van der Waals surface area contributed by atoms with Crippen LogP contribution in [0.15, 0.2) is 10.7 Å². The van der Waals surface area contributed by atoms with E-state index in [0.29, 0.717) is 9.80 Å². The van der Waals surface area contributed by atoms with Crippen molar-refractivity contribution in [2.75, 3.05) is 5.33 Å². The Bertz CT molecular complexity index is 341. The van der Waals surface area contributed by atoms with Gasteiger partial charge in [-0.2, -0.15) is 4.68 Å². The van der Waals surface area contributed by atoms with E-state index in [4.69, 9.17) is 0 Å². The summed E-state index contributed by atoms with van der Waals surface area (Å²) in [5.41, 5.74) is 0. The zero-order chi connectivity index (χ0) is 10.7.